The highest BCUT2D eigenvalue weighted by molar-refractivity contribution is 7.47. The number of hydrogen-bond acceptors (Lipinski definition) is 7. The van der Waals surface area contributed by atoms with Gasteiger partial charge in [0, 0.05) is 19.6 Å². The van der Waals surface area contributed by atoms with Crippen LogP contribution >= 0.6 is 7.82 Å². The minimum absolute atomic E-state index is 0.0896. The van der Waals surface area contributed by atoms with E-state index in [1.54, 1.807) is 0 Å². The standard InChI is InChI=1S/C52H106NO7P/c1-3-5-7-9-11-13-15-17-19-21-23-25-26-28-30-32-34-36-38-40-42-44-47-57-49-51(50-59-61(55,56)58-48-46-53)60-52(54)45-43-41-39-37-35-33-31-29-27-24-22-20-18-16-14-12-10-8-6-4-2/h51H,3-50,53H2,1-2H3,(H,55,56). The first-order valence-electron chi connectivity index (χ1n) is 27.0. The quantitative estimate of drug-likeness (QED) is 0.0352. The van der Waals surface area contributed by atoms with E-state index >= 15 is 0 Å². The maximum Gasteiger partial charge on any atom is 0.472 e. The highest BCUT2D eigenvalue weighted by Crippen LogP contribution is 2.43. The second-order valence-corrected chi connectivity index (χ2v) is 19.9. The van der Waals surface area contributed by atoms with Crippen LogP contribution in [0.25, 0.3) is 0 Å². The fourth-order valence-electron chi connectivity index (χ4n) is 8.30. The molecular formula is C52H106NO7P. The Bertz CT molecular complexity index is 909. The number of phosphoric acid groups is 1. The van der Waals surface area contributed by atoms with Gasteiger partial charge in [-0.25, -0.2) is 4.57 Å². The van der Waals surface area contributed by atoms with Crippen LogP contribution in [0.2, 0.25) is 0 Å². The number of carbonyl (C=O) groups is 1. The molecule has 0 spiro atoms. The summed E-state index contributed by atoms with van der Waals surface area (Å²) >= 11 is 0. The smallest absolute Gasteiger partial charge is 0.457 e. The zero-order valence-electron chi connectivity index (χ0n) is 40.9. The number of nitrogens with two attached hydrogens (primary N) is 1. The number of rotatable bonds is 53. The second kappa shape index (κ2) is 50.5. The largest absolute Gasteiger partial charge is 0.472 e. The predicted octanol–water partition coefficient (Wildman–Crippen LogP) is 16.8. The summed E-state index contributed by atoms with van der Waals surface area (Å²) in [6.07, 6.45) is 55.7. The molecule has 0 aromatic heterocycles. The number of phosphoric ester groups is 1. The van der Waals surface area contributed by atoms with Gasteiger partial charge in [0.25, 0.3) is 0 Å². The molecule has 0 aliphatic carbocycles. The first-order valence-corrected chi connectivity index (χ1v) is 28.5. The predicted molar refractivity (Wildman–Crippen MR) is 261 cm³/mol. The molecule has 0 radical (unpaired) electrons. The molecule has 8 nitrogen and oxygen atoms in total. The van der Waals surface area contributed by atoms with Gasteiger partial charge >= 0.3 is 13.8 Å². The summed E-state index contributed by atoms with van der Waals surface area (Å²) in [7, 11) is -4.28. The highest BCUT2D eigenvalue weighted by Gasteiger charge is 2.25. The van der Waals surface area contributed by atoms with Crippen LogP contribution in [0, 0.1) is 0 Å². The molecule has 0 bridgehead atoms. The molecule has 0 aromatic carbocycles. The summed E-state index contributed by atoms with van der Waals surface area (Å²) in [4.78, 5) is 22.6. The molecule has 0 amide bonds. The van der Waals surface area contributed by atoms with Gasteiger partial charge in [0.2, 0.25) is 0 Å². The molecule has 0 rings (SSSR count). The highest BCUT2D eigenvalue weighted by atomic mass is 31.2. The number of carbonyl (C=O) groups excluding carboxylic acids is 1. The van der Waals surface area contributed by atoms with Gasteiger partial charge in [-0.3, -0.25) is 13.8 Å². The van der Waals surface area contributed by atoms with Crippen molar-refractivity contribution >= 4 is 13.8 Å². The van der Waals surface area contributed by atoms with Gasteiger partial charge < -0.3 is 20.1 Å². The summed E-state index contributed by atoms with van der Waals surface area (Å²) in [5.74, 6) is -0.320. The van der Waals surface area contributed by atoms with E-state index in [4.69, 9.17) is 24.3 Å². The zero-order chi connectivity index (χ0) is 44.4. The first-order chi connectivity index (χ1) is 29.9. The second-order valence-electron chi connectivity index (χ2n) is 18.5. The van der Waals surface area contributed by atoms with Gasteiger partial charge in [0.15, 0.2) is 0 Å². The average Bonchev–Trinajstić information content (AvgIpc) is 3.25. The van der Waals surface area contributed by atoms with E-state index in [0.717, 1.165) is 32.1 Å². The molecule has 2 unspecified atom stereocenters. The molecule has 0 aromatic rings. The summed E-state index contributed by atoms with van der Waals surface area (Å²) < 4.78 is 33.6. The Morgan fingerprint density at radius 2 is 0.721 bits per heavy atom. The summed E-state index contributed by atoms with van der Waals surface area (Å²) in [6.45, 7) is 5.02. The van der Waals surface area contributed by atoms with Crippen molar-refractivity contribution in [2.75, 3.05) is 33.0 Å². The molecule has 0 saturated heterocycles. The molecule has 9 heteroatoms. The van der Waals surface area contributed by atoms with E-state index in [9.17, 15) is 14.3 Å². The molecule has 3 N–H and O–H groups in total. The van der Waals surface area contributed by atoms with Crippen molar-refractivity contribution in [2.24, 2.45) is 5.73 Å². The van der Waals surface area contributed by atoms with Crippen molar-refractivity contribution < 1.29 is 32.8 Å². The third kappa shape index (κ3) is 50.4. The maximum absolute atomic E-state index is 12.7. The van der Waals surface area contributed by atoms with E-state index < -0.39 is 13.9 Å². The third-order valence-electron chi connectivity index (χ3n) is 12.3. The number of unbranched alkanes of at least 4 members (excludes halogenated alkanes) is 40. The van der Waals surface area contributed by atoms with E-state index in [-0.39, 0.29) is 32.3 Å². The average molecular weight is 888 g/mol. The van der Waals surface area contributed by atoms with Gasteiger partial charge in [-0.05, 0) is 12.8 Å². The lowest BCUT2D eigenvalue weighted by Crippen LogP contribution is -2.28. The third-order valence-corrected chi connectivity index (χ3v) is 13.3. The Morgan fingerprint density at radius 3 is 1.03 bits per heavy atom. The first kappa shape index (κ1) is 60.5. The maximum atomic E-state index is 12.7. The van der Waals surface area contributed by atoms with E-state index in [0.29, 0.717) is 13.0 Å². The molecular weight excluding hydrogens is 782 g/mol. The molecule has 61 heavy (non-hydrogen) atoms. The Kier molecular flexibility index (Phi) is 50.1. The molecule has 0 saturated carbocycles. The van der Waals surface area contributed by atoms with Crippen molar-refractivity contribution in [3.63, 3.8) is 0 Å². The van der Waals surface area contributed by atoms with Gasteiger partial charge in [-0.15, -0.1) is 0 Å². The Hall–Kier alpha value is -0.500. The van der Waals surface area contributed by atoms with Crippen LogP contribution in [0.3, 0.4) is 0 Å². The molecule has 366 valence electrons. The minimum atomic E-state index is -4.28. The monoisotopic (exact) mass is 888 g/mol. The van der Waals surface area contributed by atoms with Crippen molar-refractivity contribution in [1.29, 1.82) is 0 Å². The lowest BCUT2D eigenvalue weighted by molar-refractivity contribution is -0.154. The van der Waals surface area contributed by atoms with Gasteiger partial charge in [0.05, 0.1) is 19.8 Å². The lowest BCUT2D eigenvalue weighted by Gasteiger charge is -2.20. The number of hydrogen-bond donors (Lipinski definition) is 2. The van der Waals surface area contributed by atoms with Crippen LogP contribution in [0.15, 0.2) is 0 Å². The van der Waals surface area contributed by atoms with Gasteiger partial charge in [0.1, 0.15) is 6.10 Å². The lowest BCUT2D eigenvalue weighted by atomic mass is 10.0. The van der Waals surface area contributed by atoms with Crippen LogP contribution < -0.4 is 5.73 Å². The fourth-order valence-corrected chi connectivity index (χ4v) is 9.06. The Balaban J connectivity index is 3.85. The molecule has 0 heterocycles. The topological polar surface area (TPSA) is 117 Å². The Labute approximate surface area is 380 Å². The van der Waals surface area contributed by atoms with Crippen molar-refractivity contribution in [2.45, 2.75) is 296 Å². The fraction of sp³-hybridized carbons (Fsp3) is 0.981. The SMILES string of the molecule is CCCCCCCCCCCCCCCCCCCCCCCCOCC(COP(=O)(O)OCCN)OC(=O)CCCCCCCCCCCCCCCCCCCCCC. The van der Waals surface area contributed by atoms with Crippen LogP contribution in [0.1, 0.15) is 290 Å². The van der Waals surface area contributed by atoms with Gasteiger partial charge in [-0.2, -0.15) is 0 Å². The molecule has 0 aliphatic heterocycles. The number of ether oxygens (including phenoxy) is 2. The van der Waals surface area contributed by atoms with Gasteiger partial charge in [-0.1, -0.05) is 271 Å². The number of esters is 1. The van der Waals surface area contributed by atoms with Crippen molar-refractivity contribution in [1.82, 2.24) is 0 Å². The van der Waals surface area contributed by atoms with E-state index in [1.807, 2.05) is 0 Å². The van der Waals surface area contributed by atoms with Crippen molar-refractivity contribution in [3.05, 3.63) is 0 Å². The van der Waals surface area contributed by atoms with Crippen LogP contribution in [0.5, 0.6) is 0 Å². The van der Waals surface area contributed by atoms with Crippen LogP contribution in [0.4, 0.5) is 0 Å². The zero-order valence-corrected chi connectivity index (χ0v) is 41.8. The van der Waals surface area contributed by atoms with E-state index in [1.165, 1.54) is 238 Å². The summed E-state index contributed by atoms with van der Waals surface area (Å²) in [6, 6.07) is 0. The minimum Gasteiger partial charge on any atom is -0.457 e. The Morgan fingerprint density at radius 1 is 0.426 bits per heavy atom. The molecule has 2 atom stereocenters. The molecule has 0 aliphatic rings. The van der Waals surface area contributed by atoms with Crippen LogP contribution in [-0.4, -0.2) is 49.9 Å². The summed E-state index contributed by atoms with van der Waals surface area (Å²) in [5, 5.41) is 0. The summed E-state index contributed by atoms with van der Waals surface area (Å²) in [5.41, 5.74) is 5.40. The van der Waals surface area contributed by atoms with E-state index in [2.05, 4.69) is 13.8 Å². The normalized spacial score (nSPS) is 13.2. The van der Waals surface area contributed by atoms with Crippen LogP contribution in [-0.2, 0) is 27.9 Å². The molecule has 0 fully saturated rings. The van der Waals surface area contributed by atoms with Crippen molar-refractivity contribution in [3.8, 4) is 0 Å².